The fraction of sp³-hybridized carbons (Fsp3) is 0.360. The van der Waals surface area contributed by atoms with Gasteiger partial charge >= 0.3 is 5.97 Å². The molecule has 0 bridgehead atoms. The standard InChI is InChI=1S/C25H28BrN3O6S/c1-15(2)35-20-11-16(25(30)33-3)10-19(13-20)28-24-21-5-4-17(26)12-22(21)27-14-23(24)36(31,32)29-18-6-8-34-9-7-18/h4-5,10-15,18,29H,6-9H2,1-3H3,(H,27,28). The first kappa shape index (κ1) is 26.3. The van der Waals surface area contributed by atoms with Gasteiger partial charge in [0.05, 0.1) is 30.0 Å². The van der Waals surface area contributed by atoms with Crippen molar-refractivity contribution in [1.82, 2.24) is 9.71 Å². The molecule has 2 N–H and O–H groups in total. The van der Waals surface area contributed by atoms with Crippen LogP contribution in [0.15, 0.2) is 52.0 Å². The van der Waals surface area contributed by atoms with Crippen LogP contribution in [0.3, 0.4) is 0 Å². The molecule has 2 aromatic carbocycles. The van der Waals surface area contributed by atoms with Crippen molar-refractivity contribution >= 4 is 54.2 Å². The molecule has 0 spiro atoms. The number of sulfonamides is 1. The van der Waals surface area contributed by atoms with Gasteiger partial charge in [0.2, 0.25) is 10.0 Å². The van der Waals surface area contributed by atoms with Crippen LogP contribution < -0.4 is 14.8 Å². The monoisotopic (exact) mass is 577 g/mol. The second-order valence-electron chi connectivity index (χ2n) is 8.70. The highest BCUT2D eigenvalue weighted by atomic mass is 79.9. The number of ether oxygens (including phenoxy) is 3. The minimum atomic E-state index is -3.94. The Morgan fingerprint density at radius 1 is 1.17 bits per heavy atom. The van der Waals surface area contributed by atoms with Crippen molar-refractivity contribution in [2.24, 2.45) is 0 Å². The Balaban J connectivity index is 1.82. The molecule has 0 aliphatic carbocycles. The zero-order valence-electron chi connectivity index (χ0n) is 20.2. The SMILES string of the molecule is COC(=O)c1cc(Nc2c(S(=O)(=O)NC3CCOCC3)cnc3cc(Br)ccc23)cc(OC(C)C)c1. The van der Waals surface area contributed by atoms with Crippen molar-refractivity contribution in [2.75, 3.05) is 25.6 Å². The Hall–Kier alpha value is -2.73. The third-order valence-corrected chi connectivity index (χ3v) is 7.62. The van der Waals surface area contributed by atoms with Gasteiger partial charge < -0.3 is 19.5 Å². The fourth-order valence-electron chi connectivity index (χ4n) is 3.97. The molecule has 1 fully saturated rings. The van der Waals surface area contributed by atoms with Crippen molar-refractivity contribution in [1.29, 1.82) is 0 Å². The summed E-state index contributed by atoms with van der Waals surface area (Å²) >= 11 is 3.44. The number of nitrogens with one attached hydrogen (secondary N) is 2. The van der Waals surface area contributed by atoms with Gasteiger partial charge in [-0.05, 0) is 57.0 Å². The highest BCUT2D eigenvalue weighted by molar-refractivity contribution is 9.10. The number of esters is 1. The van der Waals surface area contributed by atoms with Crippen LogP contribution in [0, 0.1) is 0 Å². The van der Waals surface area contributed by atoms with E-state index in [0.29, 0.717) is 54.1 Å². The van der Waals surface area contributed by atoms with E-state index < -0.39 is 16.0 Å². The van der Waals surface area contributed by atoms with Crippen LogP contribution in [0.1, 0.15) is 37.0 Å². The maximum absolute atomic E-state index is 13.5. The van der Waals surface area contributed by atoms with Gasteiger partial charge in [-0.2, -0.15) is 0 Å². The van der Waals surface area contributed by atoms with Crippen molar-refractivity contribution in [2.45, 2.75) is 43.7 Å². The third kappa shape index (κ3) is 6.15. The molecule has 4 rings (SSSR count). The van der Waals surface area contributed by atoms with E-state index in [1.54, 1.807) is 30.3 Å². The fourth-order valence-corrected chi connectivity index (χ4v) is 5.74. The van der Waals surface area contributed by atoms with Gasteiger partial charge in [-0.15, -0.1) is 0 Å². The molecule has 1 aromatic heterocycles. The van der Waals surface area contributed by atoms with E-state index in [9.17, 15) is 13.2 Å². The van der Waals surface area contributed by atoms with Gasteiger partial charge in [0.15, 0.2) is 0 Å². The lowest BCUT2D eigenvalue weighted by Gasteiger charge is -2.24. The van der Waals surface area contributed by atoms with E-state index in [-0.39, 0.29) is 22.6 Å². The van der Waals surface area contributed by atoms with Crippen molar-refractivity contribution in [3.05, 3.63) is 52.6 Å². The van der Waals surface area contributed by atoms with E-state index in [0.717, 1.165) is 4.47 Å². The summed E-state index contributed by atoms with van der Waals surface area (Å²) in [4.78, 5) is 16.7. The molecule has 0 atom stereocenters. The summed E-state index contributed by atoms with van der Waals surface area (Å²) in [6.07, 6.45) is 2.39. The second kappa shape index (κ2) is 11.1. The summed E-state index contributed by atoms with van der Waals surface area (Å²) in [7, 11) is -2.64. The van der Waals surface area contributed by atoms with E-state index in [2.05, 4.69) is 31.0 Å². The summed E-state index contributed by atoms with van der Waals surface area (Å²) in [5.41, 5.74) is 1.67. The number of halogens is 1. The third-order valence-electron chi connectivity index (χ3n) is 5.60. The Kier molecular flexibility index (Phi) is 8.13. The van der Waals surface area contributed by atoms with Gasteiger partial charge in [0.25, 0.3) is 0 Å². The number of carbonyl (C=O) groups is 1. The molecular formula is C25H28BrN3O6S. The summed E-state index contributed by atoms with van der Waals surface area (Å²) in [6, 6.07) is 10.1. The first-order valence-corrected chi connectivity index (χ1v) is 13.8. The Morgan fingerprint density at radius 3 is 2.61 bits per heavy atom. The van der Waals surface area contributed by atoms with Crippen LogP contribution in [0.5, 0.6) is 5.75 Å². The average Bonchev–Trinajstić information content (AvgIpc) is 2.83. The summed E-state index contributed by atoms with van der Waals surface area (Å²) in [6.45, 7) is 4.75. The van der Waals surface area contributed by atoms with Gasteiger partial charge in [-0.3, -0.25) is 4.98 Å². The van der Waals surface area contributed by atoms with E-state index in [1.165, 1.54) is 13.3 Å². The number of methoxy groups -OCH3 is 1. The molecule has 11 heteroatoms. The van der Waals surface area contributed by atoms with Crippen LogP contribution in [0.2, 0.25) is 0 Å². The smallest absolute Gasteiger partial charge is 0.338 e. The zero-order valence-corrected chi connectivity index (χ0v) is 22.6. The normalized spacial score (nSPS) is 14.7. The van der Waals surface area contributed by atoms with Crippen LogP contribution >= 0.6 is 15.9 Å². The van der Waals surface area contributed by atoms with Crippen LogP contribution in [-0.4, -0.2) is 51.8 Å². The van der Waals surface area contributed by atoms with Crippen molar-refractivity contribution in [3.63, 3.8) is 0 Å². The molecule has 3 aromatic rings. The molecule has 0 unspecified atom stereocenters. The molecule has 1 saturated heterocycles. The number of aromatic nitrogens is 1. The van der Waals surface area contributed by atoms with Crippen LogP contribution in [-0.2, 0) is 19.5 Å². The number of carbonyl (C=O) groups excluding carboxylic acids is 1. The second-order valence-corrected chi connectivity index (χ2v) is 11.3. The lowest BCUT2D eigenvalue weighted by Crippen LogP contribution is -2.39. The topological polar surface area (TPSA) is 116 Å². The van der Waals surface area contributed by atoms with Crippen LogP contribution in [0.25, 0.3) is 10.9 Å². The molecule has 36 heavy (non-hydrogen) atoms. The number of hydrogen-bond donors (Lipinski definition) is 2. The molecule has 9 nitrogen and oxygen atoms in total. The Morgan fingerprint density at radius 2 is 1.92 bits per heavy atom. The number of anilines is 2. The van der Waals surface area contributed by atoms with E-state index in [1.807, 2.05) is 19.9 Å². The maximum atomic E-state index is 13.5. The largest absolute Gasteiger partial charge is 0.491 e. The van der Waals surface area contributed by atoms with Gasteiger partial charge in [0.1, 0.15) is 10.6 Å². The molecule has 1 aliphatic heterocycles. The van der Waals surface area contributed by atoms with E-state index >= 15 is 0 Å². The maximum Gasteiger partial charge on any atom is 0.338 e. The molecule has 1 aliphatic rings. The highest BCUT2D eigenvalue weighted by Gasteiger charge is 2.26. The number of pyridine rings is 1. The first-order chi connectivity index (χ1) is 17.2. The molecular weight excluding hydrogens is 550 g/mol. The van der Waals surface area contributed by atoms with Crippen LogP contribution in [0.4, 0.5) is 11.4 Å². The van der Waals surface area contributed by atoms with Gasteiger partial charge in [0, 0.05) is 47.1 Å². The lowest BCUT2D eigenvalue weighted by atomic mass is 10.1. The predicted molar refractivity (Wildman–Crippen MR) is 140 cm³/mol. The molecule has 2 heterocycles. The van der Waals surface area contributed by atoms with Crippen molar-refractivity contribution in [3.8, 4) is 5.75 Å². The minimum absolute atomic E-state index is 0.00128. The number of hydrogen-bond acceptors (Lipinski definition) is 8. The number of rotatable bonds is 8. The molecule has 0 amide bonds. The Bertz CT molecular complexity index is 1370. The summed E-state index contributed by atoms with van der Waals surface area (Å²) in [5, 5.41) is 3.82. The van der Waals surface area contributed by atoms with Crippen molar-refractivity contribution < 1.29 is 27.4 Å². The Labute approximate surface area is 218 Å². The molecule has 192 valence electrons. The average molecular weight is 578 g/mol. The lowest BCUT2D eigenvalue weighted by molar-refractivity contribution is 0.0600. The number of fused-ring (bicyclic) bond motifs is 1. The first-order valence-electron chi connectivity index (χ1n) is 11.5. The van der Waals surface area contributed by atoms with Gasteiger partial charge in [-0.1, -0.05) is 15.9 Å². The molecule has 0 radical (unpaired) electrons. The summed E-state index contributed by atoms with van der Waals surface area (Å²) in [5.74, 6) is -0.0916. The summed E-state index contributed by atoms with van der Waals surface area (Å²) < 4.78 is 46.7. The highest BCUT2D eigenvalue weighted by Crippen LogP contribution is 2.35. The van der Waals surface area contributed by atoms with Gasteiger partial charge in [-0.25, -0.2) is 17.9 Å². The molecule has 0 saturated carbocycles. The zero-order chi connectivity index (χ0) is 25.9. The quantitative estimate of drug-likeness (QED) is 0.368. The predicted octanol–water partition coefficient (Wildman–Crippen LogP) is 4.77. The number of nitrogens with zero attached hydrogens (tertiary/aromatic N) is 1. The van der Waals surface area contributed by atoms with E-state index in [4.69, 9.17) is 14.2 Å². The minimum Gasteiger partial charge on any atom is -0.491 e. The number of benzene rings is 2.